The lowest BCUT2D eigenvalue weighted by atomic mass is 9.87. The van der Waals surface area contributed by atoms with Gasteiger partial charge in [0.15, 0.2) is 0 Å². The van der Waals surface area contributed by atoms with Gasteiger partial charge in [0.05, 0.1) is 22.1 Å². The molecule has 2 aliphatic carbocycles. The highest BCUT2D eigenvalue weighted by Gasteiger charge is 2.27. The number of para-hydroxylation sites is 1. The molecule has 2 nitrogen and oxygen atoms in total. The summed E-state index contributed by atoms with van der Waals surface area (Å²) in [5, 5.41) is 28.7. The molecule has 2 unspecified atom stereocenters. The van der Waals surface area contributed by atoms with Crippen molar-refractivity contribution in [1.29, 1.82) is 0 Å². The van der Waals surface area contributed by atoms with Gasteiger partial charge >= 0.3 is 0 Å². The molecule has 0 saturated carbocycles. The van der Waals surface area contributed by atoms with Gasteiger partial charge in [0.1, 0.15) is 0 Å². The summed E-state index contributed by atoms with van der Waals surface area (Å²) in [5.74, 6) is 0.570. The first-order valence-corrected chi connectivity index (χ1v) is 50.1. The number of allylic oxidation sites excluding steroid dienone is 8. The Bertz CT molecular complexity index is 9570. The number of hydrogen-bond donors (Lipinski definition) is 0. The molecule has 29 rings (SSSR count). The van der Waals surface area contributed by atoms with Crippen molar-refractivity contribution in [3.8, 4) is 77.9 Å². The number of aromatic nitrogens is 2. The molecule has 0 bridgehead atoms. The van der Waals surface area contributed by atoms with Crippen LogP contribution in [0.15, 0.2) is 473 Å². The Morgan fingerprint density at radius 1 is 0.175 bits per heavy atom. The molecule has 5 heterocycles. The maximum absolute atomic E-state index is 2.52. The van der Waals surface area contributed by atoms with Crippen molar-refractivity contribution in [3.63, 3.8) is 0 Å². The Labute approximate surface area is 803 Å². The average molecular weight is 1790 g/mol. The zero-order valence-corrected chi connectivity index (χ0v) is 77.2. The second-order valence-corrected chi connectivity index (χ2v) is 40.0. The van der Waals surface area contributed by atoms with Crippen LogP contribution < -0.4 is 0 Å². The standard InChI is InChI=1S/C72H45NS2.C60H39NS/c1-3-15-45(16-4-1)51-23-11-27-60-62-29-13-25-53(71(62)74-69(51)60)48-34-39-67-65(42-48)66-43-49(54-26-14-30-63-61-28-12-24-52(70(61)75-72(54)63)46-17-5-2-6-18-46)35-40-68(66)73(67)50-36-31-44(32-37-50)47-33-38-59-57-21-8-7-19-55(57)56-20-9-10-22-58(56)64(59)41-47;1-3-13-38(14-4-1)42-27-32-59-55(34-42)56-37-44(39-15-5-2-6-16-39)36-52(60(56)62-59)43-26-31-58-54(35-43)51-21-11-12-22-57(51)61(58)45-28-23-40(24-29-45)41-25-30-50-48-19-8-7-17-46(48)47-18-9-10-20-49(47)53(50)33-41/h1-31,33-44H,32H2;1-23,25-37,40H,24H2. The number of fused-ring (bicyclic) bond motifs is 27. The second-order valence-electron chi connectivity index (χ2n) is 36.9. The van der Waals surface area contributed by atoms with Crippen molar-refractivity contribution in [2.24, 2.45) is 0 Å². The number of thiophene rings is 3. The number of nitrogens with zero attached hydrogens (tertiary/aromatic N) is 2. The molecule has 0 N–H and O–H groups in total. The molecule has 0 fully saturated rings. The predicted octanol–water partition coefficient (Wildman–Crippen LogP) is 38.5. The van der Waals surface area contributed by atoms with E-state index in [-0.39, 0.29) is 5.92 Å². The summed E-state index contributed by atoms with van der Waals surface area (Å²) in [7, 11) is 0. The Kier molecular flexibility index (Phi) is 18.6. The van der Waals surface area contributed by atoms with Crippen LogP contribution in [0.25, 0.3) is 258 Å². The third-order valence-corrected chi connectivity index (χ3v) is 33.2. The fourth-order valence-corrected chi connectivity index (χ4v) is 26.8. The van der Waals surface area contributed by atoms with Crippen LogP contribution in [0.3, 0.4) is 0 Å². The summed E-state index contributed by atoms with van der Waals surface area (Å²) in [5.41, 5.74) is 27.6. The van der Waals surface area contributed by atoms with Crippen LogP contribution in [0.4, 0.5) is 0 Å². The van der Waals surface area contributed by atoms with Crippen molar-refractivity contribution in [1.82, 2.24) is 9.13 Å². The predicted molar refractivity (Wildman–Crippen MR) is 595 cm³/mol. The fraction of sp³-hybridized carbons (Fsp3) is 0.0303. The van der Waals surface area contributed by atoms with Gasteiger partial charge in [-0.05, 0) is 252 Å². The highest BCUT2D eigenvalue weighted by atomic mass is 32.1. The van der Waals surface area contributed by atoms with E-state index in [9.17, 15) is 0 Å². The van der Waals surface area contributed by atoms with Crippen LogP contribution in [-0.2, 0) is 0 Å². The van der Waals surface area contributed by atoms with Gasteiger partial charge in [0.25, 0.3) is 0 Å². The topological polar surface area (TPSA) is 9.86 Å². The largest absolute Gasteiger partial charge is 0.310 e. The lowest BCUT2D eigenvalue weighted by Gasteiger charge is -2.20. The van der Waals surface area contributed by atoms with E-state index in [0.717, 1.165) is 12.8 Å². The van der Waals surface area contributed by atoms with Gasteiger partial charge in [0.2, 0.25) is 0 Å². The van der Waals surface area contributed by atoms with Crippen LogP contribution in [-0.4, -0.2) is 9.13 Å². The van der Waals surface area contributed by atoms with Gasteiger partial charge in [-0.15, -0.1) is 34.0 Å². The normalized spacial score (nSPS) is 14.1. The minimum absolute atomic E-state index is 0.267. The summed E-state index contributed by atoms with van der Waals surface area (Å²) in [6.07, 6.45) is 16.4. The average Bonchev–Trinajstić information content (AvgIpc) is 1.49. The van der Waals surface area contributed by atoms with Gasteiger partial charge in [-0.25, -0.2) is 0 Å². The smallest absolute Gasteiger partial charge is 0.0541 e. The third-order valence-electron chi connectivity index (χ3n) is 29.4. The Balaban J connectivity index is 0.000000138. The van der Waals surface area contributed by atoms with E-state index in [2.05, 4.69) is 482 Å². The van der Waals surface area contributed by atoms with Crippen molar-refractivity contribution in [2.45, 2.75) is 24.7 Å². The first-order valence-electron chi connectivity index (χ1n) is 47.6. The lowest BCUT2D eigenvalue weighted by Crippen LogP contribution is -2.03. The third kappa shape index (κ3) is 13.0. The van der Waals surface area contributed by atoms with Gasteiger partial charge in [-0.3, -0.25) is 0 Å². The Morgan fingerprint density at radius 2 is 0.482 bits per heavy atom. The fourth-order valence-electron chi connectivity index (χ4n) is 22.9. The van der Waals surface area contributed by atoms with Crippen LogP contribution in [0.2, 0.25) is 0 Å². The summed E-state index contributed by atoms with van der Waals surface area (Å²) in [6.45, 7) is 0. The summed E-state index contributed by atoms with van der Waals surface area (Å²) in [4.78, 5) is 0. The van der Waals surface area contributed by atoms with Crippen LogP contribution in [0.5, 0.6) is 0 Å². The molecule has 0 spiro atoms. The summed E-state index contributed by atoms with van der Waals surface area (Å²) < 4.78 is 12.9. The molecule has 5 heteroatoms. The Hall–Kier alpha value is -16.4. The highest BCUT2D eigenvalue weighted by molar-refractivity contribution is 7.27. The molecule has 27 aromatic rings. The van der Waals surface area contributed by atoms with Crippen LogP contribution in [0.1, 0.15) is 35.8 Å². The molecule has 5 aromatic heterocycles. The van der Waals surface area contributed by atoms with Gasteiger partial charge in [-0.1, -0.05) is 382 Å². The van der Waals surface area contributed by atoms with Gasteiger partial charge in [-0.2, -0.15) is 0 Å². The van der Waals surface area contributed by atoms with E-state index < -0.39 is 0 Å². The van der Waals surface area contributed by atoms with E-state index in [1.165, 1.54) is 269 Å². The zero-order chi connectivity index (χ0) is 89.9. The minimum atomic E-state index is 0.267. The molecule has 137 heavy (non-hydrogen) atoms. The summed E-state index contributed by atoms with van der Waals surface area (Å²) in [6, 6.07) is 163. The quantitative estimate of drug-likeness (QED) is 0.114. The van der Waals surface area contributed by atoms with E-state index >= 15 is 0 Å². The summed E-state index contributed by atoms with van der Waals surface area (Å²) >= 11 is 5.75. The molecular formula is C132H84N2S3. The lowest BCUT2D eigenvalue weighted by molar-refractivity contribution is 0.852. The highest BCUT2D eigenvalue weighted by Crippen LogP contribution is 2.52. The van der Waals surface area contributed by atoms with Crippen molar-refractivity contribution in [3.05, 3.63) is 484 Å². The number of benzene rings is 22. The minimum Gasteiger partial charge on any atom is -0.310 e. The SMILES string of the molecule is C1=CC(c2ccc3c4ccccc4c4ccccc4c3c2)CC=C1n1c2ccc(-c3cccc4c3sc3c(-c5ccccc5)cccc34)cc2c2cc(-c3cccc4c3sc3c(-c5ccccc5)cccc34)ccc21.C1=CC(c2ccc3c4ccccc4c4ccccc4c3c2)CC=C1n1c2ccccc2c2cc(-c3cc(-c4ccccc4)cc4c3sc3ccc(-c5ccccc5)cc34)ccc21. The van der Waals surface area contributed by atoms with Crippen molar-refractivity contribution < 1.29 is 0 Å². The van der Waals surface area contributed by atoms with E-state index in [1.54, 1.807) is 0 Å². The zero-order valence-electron chi connectivity index (χ0n) is 74.7. The van der Waals surface area contributed by atoms with Crippen molar-refractivity contribution in [2.75, 3.05) is 0 Å². The molecule has 2 aliphatic rings. The van der Waals surface area contributed by atoms with Gasteiger partial charge < -0.3 is 9.13 Å². The molecule has 22 aromatic carbocycles. The van der Waals surface area contributed by atoms with Crippen LogP contribution in [0, 0.1) is 0 Å². The Morgan fingerprint density at radius 3 is 0.891 bits per heavy atom. The molecule has 0 aliphatic heterocycles. The van der Waals surface area contributed by atoms with E-state index in [1.807, 2.05) is 34.0 Å². The molecule has 0 radical (unpaired) electrons. The van der Waals surface area contributed by atoms with E-state index in [0.29, 0.717) is 5.92 Å². The first kappa shape index (κ1) is 79.2. The maximum atomic E-state index is 2.52. The molecule has 0 saturated heterocycles. The number of hydrogen-bond acceptors (Lipinski definition) is 3. The first-order chi connectivity index (χ1) is 67.9. The molecule has 2 atom stereocenters. The van der Waals surface area contributed by atoms with Crippen molar-refractivity contribution >= 4 is 214 Å². The molecular weight excluding hydrogens is 1710 g/mol. The molecule has 0 amide bonds. The van der Waals surface area contributed by atoms with Crippen LogP contribution >= 0.6 is 34.0 Å². The molecule has 640 valence electrons. The van der Waals surface area contributed by atoms with E-state index in [4.69, 9.17) is 0 Å². The second kappa shape index (κ2) is 32.2. The maximum Gasteiger partial charge on any atom is 0.0541 e. The van der Waals surface area contributed by atoms with Gasteiger partial charge in [0, 0.05) is 111 Å². The number of rotatable bonds is 11. The monoisotopic (exact) mass is 1790 g/mol.